The predicted molar refractivity (Wildman–Crippen MR) is 64.6 cm³/mol. The summed E-state index contributed by atoms with van der Waals surface area (Å²) in [4.78, 5) is 24.7. The van der Waals surface area contributed by atoms with E-state index in [0.717, 1.165) is 25.9 Å². The first-order valence-electron chi connectivity index (χ1n) is 6.13. The second kappa shape index (κ2) is 5.89. The Labute approximate surface area is 102 Å². The third kappa shape index (κ3) is 4.63. The average Bonchev–Trinajstić information content (AvgIpc) is 2.25. The average molecular weight is 242 g/mol. The first-order valence-corrected chi connectivity index (χ1v) is 6.13. The minimum Gasteiger partial charge on any atom is -0.465 e. The molecule has 0 spiro atoms. The van der Waals surface area contributed by atoms with Gasteiger partial charge in [-0.1, -0.05) is 13.8 Å². The number of carbonyl (C=O) groups excluding carboxylic acids is 2. The topological polar surface area (TPSA) is 58.6 Å². The van der Waals surface area contributed by atoms with Gasteiger partial charge in [-0.2, -0.15) is 0 Å². The van der Waals surface area contributed by atoms with Crippen LogP contribution >= 0.6 is 0 Å². The molecule has 5 heteroatoms. The van der Waals surface area contributed by atoms with Gasteiger partial charge in [0, 0.05) is 13.1 Å². The molecule has 0 aromatic rings. The van der Waals surface area contributed by atoms with E-state index in [2.05, 4.69) is 19.2 Å². The van der Waals surface area contributed by atoms with Crippen LogP contribution < -0.4 is 5.32 Å². The smallest absolute Gasteiger partial charge is 0.325 e. The monoisotopic (exact) mass is 242 g/mol. The molecule has 0 atom stereocenters. The molecular weight excluding hydrogens is 220 g/mol. The molecule has 0 aromatic carbocycles. The first-order chi connectivity index (χ1) is 7.94. The highest BCUT2D eigenvalue weighted by Gasteiger charge is 2.29. The zero-order chi connectivity index (χ0) is 12.9. The summed E-state index contributed by atoms with van der Waals surface area (Å²) in [6, 6.07) is -0.175. The number of urea groups is 1. The number of nitrogens with zero attached hydrogens (tertiary/aromatic N) is 1. The SMILES string of the molecule is CCOC(=O)CNC(=O)N1CCCC(C)(C)C1. The molecule has 0 aromatic heterocycles. The highest BCUT2D eigenvalue weighted by atomic mass is 16.5. The van der Waals surface area contributed by atoms with Gasteiger partial charge in [-0.05, 0) is 25.2 Å². The molecular formula is C12H22N2O3. The molecule has 1 N–H and O–H groups in total. The van der Waals surface area contributed by atoms with Gasteiger partial charge in [0.15, 0.2) is 0 Å². The number of rotatable bonds is 3. The van der Waals surface area contributed by atoms with Crippen LogP contribution in [0, 0.1) is 5.41 Å². The summed E-state index contributed by atoms with van der Waals surface area (Å²) in [6.07, 6.45) is 2.15. The molecule has 0 unspecified atom stereocenters. The molecule has 1 aliphatic rings. The molecule has 2 amide bonds. The van der Waals surface area contributed by atoms with Crippen molar-refractivity contribution in [3.05, 3.63) is 0 Å². The third-order valence-corrected chi connectivity index (χ3v) is 2.88. The Morgan fingerprint density at radius 1 is 1.41 bits per heavy atom. The van der Waals surface area contributed by atoms with Crippen molar-refractivity contribution in [3.8, 4) is 0 Å². The van der Waals surface area contributed by atoms with Crippen LogP contribution in [0.15, 0.2) is 0 Å². The van der Waals surface area contributed by atoms with Crippen molar-refractivity contribution in [3.63, 3.8) is 0 Å². The van der Waals surface area contributed by atoms with Gasteiger partial charge < -0.3 is 15.0 Å². The van der Waals surface area contributed by atoms with Crippen LogP contribution in [0.3, 0.4) is 0 Å². The highest BCUT2D eigenvalue weighted by molar-refractivity contribution is 5.80. The van der Waals surface area contributed by atoms with E-state index in [9.17, 15) is 9.59 Å². The number of amides is 2. The fraction of sp³-hybridized carbons (Fsp3) is 0.833. The van der Waals surface area contributed by atoms with Gasteiger partial charge >= 0.3 is 12.0 Å². The molecule has 0 saturated carbocycles. The quantitative estimate of drug-likeness (QED) is 0.761. The standard InChI is InChI=1S/C12H22N2O3/c1-4-17-10(15)8-13-11(16)14-7-5-6-12(2,3)9-14/h4-9H2,1-3H3,(H,13,16). The minimum absolute atomic E-state index is 0.0520. The van der Waals surface area contributed by atoms with E-state index in [0.29, 0.717) is 6.61 Å². The summed E-state index contributed by atoms with van der Waals surface area (Å²) in [5, 5.41) is 2.59. The summed E-state index contributed by atoms with van der Waals surface area (Å²) in [6.45, 7) is 7.83. The van der Waals surface area contributed by atoms with Crippen LogP contribution in [0.1, 0.15) is 33.6 Å². The molecule has 1 aliphatic heterocycles. The largest absolute Gasteiger partial charge is 0.465 e. The van der Waals surface area contributed by atoms with Gasteiger partial charge in [-0.3, -0.25) is 4.79 Å². The fourth-order valence-corrected chi connectivity index (χ4v) is 2.07. The molecule has 1 rings (SSSR count). The molecule has 5 nitrogen and oxygen atoms in total. The van der Waals surface area contributed by atoms with Crippen LogP contribution in [-0.2, 0) is 9.53 Å². The van der Waals surface area contributed by atoms with E-state index >= 15 is 0 Å². The maximum atomic E-state index is 11.8. The van der Waals surface area contributed by atoms with Crippen molar-refractivity contribution >= 4 is 12.0 Å². The van der Waals surface area contributed by atoms with E-state index in [1.807, 2.05) is 0 Å². The van der Waals surface area contributed by atoms with E-state index in [4.69, 9.17) is 4.74 Å². The molecule has 98 valence electrons. The van der Waals surface area contributed by atoms with Crippen molar-refractivity contribution in [2.24, 2.45) is 5.41 Å². The van der Waals surface area contributed by atoms with Gasteiger partial charge in [0.2, 0.25) is 0 Å². The molecule has 1 saturated heterocycles. The van der Waals surface area contributed by atoms with Crippen LogP contribution in [0.2, 0.25) is 0 Å². The zero-order valence-corrected chi connectivity index (χ0v) is 10.9. The zero-order valence-electron chi connectivity index (χ0n) is 10.9. The molecule has 17 heavy (non-hydrogen) atoms. The number of carbonyl (C=O) groups is 2. The number of likely N-dealkylation sites (tertiary alicyclic amines) is 1. The lowest BCUT2D eigenvalue weighted by atomic mass is 9.84. The summed E-state index contributed by atoms with van der Waals surface area (Å²) < 4.78 is 4.75. The van der Waals surface area contributed by atoms with E-state index in [-0.39, 0.29) is 18.0 Å². The lowest BCUT2D eigenvalue weighted by Gasteiger charge is -2.37. The number of esters is 1. The van der Waals surface area contributed by atoms with Gasteiger partial charge in [0.05, 0.1) is 6.61 Å². The Hall–Kier alpha value is -1.26. The molecule has 0 aliphatic carbocycles. The summed E-state index contributed by atoms with van der Waals surface area (Å²) in [5.41, 5.74) is 0.166. The second-order valence-corrected chi connectivity index (χ2v) is 5.15. The van der Waals surface area contributed by atoms with Gasteiger partial charge in [0.25, 0.3) is 0 Å². The van der Waals surface area contributed by atoms with E-state index < -0.39 is 5.97 Å². The number of hydrogen-bond donors (Lipinski definition) is 1. The minimum atomic E-state index is -0.392. The normalized spacial score (nSPS) is 18.6. The maximum Gasteiger partial charge on any atom is 0.325 e. The van der Waals surface area contributed by atoms with Crippen LogP contribution in [0.5, 0.6) is 0 Å². The lowest BCUT2D eigenvalue weighted by molar-refractivity contribution is -0.141. The Balaban J connectivity index is 2.35. The van der Waals surface area contributed by atoms with Crippen molar-refractivity contribution in [2.75, 3.05) is 26.2 Å². The van der Waals surface area contributed by atoms with Crippen molar-refractivity contribution < 1.29 is 14.3 Å². The number of hydrogen-bond acceptors (Lipinski definition) is 3. The van der Waals surface area contributed by atoms with Crippen LogP contribution in [-0.4, -0.2) is 43.1 Å². The van der Waals surface area contributed by atoms with Crippen molar-refractivity contribution in [1.29, 1.82) is 0 Å². The summed E-state index contributed by atoms with van der Waals surface area (Å²) >= 11 is 0. The van der Waals surface area contributed by atoms with Crippen molar-refractivity contribution in [2.45, 2.75) is 33.6 Å². The van der Waals surface area contributed by atoms with Crippen LogP contribution in [0.25, 0.3) is 0 Å². The number of piperidine rings is 1. The number of ether oxygens (including phenoxy) is 1. The number of nitrogens with one attached hydrogen (secondary N) is 1. The van der Waals surface area contributed by atoms with E-state index in [1.165, 1.54) is 0 Å². The van der Waals surface area contributed by atoms with Gasteiger partial charge in [0.1, 0.15) is 6.54 Å². The highest BCUT2D eigenvalue weighted by Crippen LogP contribution is 2.28. The maximum absolute atomic E-state index is 11.8. The van der Waals surface area contributed by atoms with Gasteiger partial charge in [-0.25, -0.2) is 4.79 Å². The summed E-state index contributed by atoms with van der Waals surface area (Å²) in [5.74, 6) is -0.392. The predicted octanol–water partition coefficient (Wildman–Crippen LogP) is 1.38. The second-order valence-electron chi connectivity index (χ2n) is 5.15. The Bertz CT molecular complexity index is 289. The third-order valence-electron chi connectivity index (χ3n) is 2.88. The lowest BCUT2D eigenvalue weighted by Crippen LogP contribution is -2.49. The molecule has 1 fully saturated rings. The van der Waals surface area contributed by atoms with Gasteiger partial charge in [-0.15, -0.1) is 0 Å². The summed E-state index contributed by atoms with van der Waals surface area (Å²) in [7, 11) is 0. The molecule has 1 heterocycles. The molecule has 0 radical (unpaired) electrons. The Morgan fingerprint density at radius 2 is 2.12 bits per heavy atom. The molecule has 0 bridgehead atoms. The van der Waals surface area contributed by atoms with Crippen LogP contribution in [0.4, 0.5) is 4.79 Å². The van der Waals surface area contributed by atoms with E-state index in [1.54, 1.807) is 11.8 Å². The Kier molecular flexibility index (Phi) is 4.78. The Morgan fingerprint density at radius 3 is 2.71 bits per heavy atom. The van der Waals surface area contributed by atoms with Crippen molar-refractivity contribution in [1.82, 2.24) is 10.2 Å². The first kappa shape index (κ1) is 13.8. The fourth-order valence-electron chi connectivity index (χ4n) is 2.07.